The summed E-state index contributed by atoms with van der Waals surface area (Å²) in [5.74, 6) is -0.870. The van der Waals surface area contributed by atoms with Crippen LogP contribution < -0.4 is 10.6 Å². The van der Waals surface area contributed by atoms with Gasteiger partial charge in [-0.1, -0.05) is 12.1 Å². The molecule has 126 valence electrons. The van der Waals surface area contributed by atoms with Crippen LogP contribution in [0.4, 0.5) is 15.8 Å². The maximum absolute atomic E-state index is 12.8. The minimum Gasteiger partial charge on any atom is -0.325 e. The van der Waals surface area contributed by atoms with Crippen LogP contribution in [-0.2, 0) is 9.59 Å². The molecule has 0 spiro atoms. The molecular formula is C17H17BrFN3O2. The Hall–Kier alpha value is -2.25. The SMILES string of the molecule is CN(CC(=O)Nc1ccc(F)cc1)CC(=O)Nc1ccccc1Br. The lowest BCUT2D eigenvalue weighted by Gasteiger charge is -2.16. The van der Waals surface area contributed by atoms with E-state index in [0.717, 1.165) is 4.47 Å². The number of carbonyl (C=O) groups is 2. The molecule has 5 nitrogen and oxygen atoms in total. The largest absolute Gasteiger partial charge is 0.325 e. The summed E-state index contributed by atoms with van der Waals surface area (Å²) in [6, 6.07) is 12.8. The van der Waals surface area contributed by atoms with Crippen molar-refractivity contribution in [2.24, 2.45) is 0 Å². The van der Waals surface area contributed by atoms with Crippen LogP contribution in [0.1, 0.15) is 0 Å². The molecule has 0 unspecified atom stereocenters. The van der Waals surface area contributed by atoms with E-state index in [-0.39, 0.29) is 30.7 Å². The van der Waals surface area contributed by atoms with Gasteiger partial charge in [0.25, 0.3) is 0 Å². The summed E-state index contributed by atoms with van der Waals surface area (Å²) < 4.78 is 13.6. The van der Waals surface area contributed by atoms with Crippen molar-refractivity contribution in [1.82, 2.24) is 4.90 Å². The molecule has 0 atom stereocenters. The van der Waals surface area contributed by atoms with E-state index in [1.54, 1.807) is 18.0 Å². The van der Waals surface area contributed by atoms with Gasteiger partial charge in [-0.3, -0.25) is 14.5 Å². The van der Waals surface area contributed by atoms with E-state index >= 15 is 0 Å². The van der Waals surface area contributed by atoms with Crippen molar-refractivity contribution in [3.8, 4) is 0 Å². The standard InChI is InChI=1S/C17H17BrFN3O2/c1-22(10-16(23)20-13-8-6-12(19)7-9-13)11-17(24)21-15-5-3-2-4-14(15)18/h2-9H,10-11H2,1H3,(H,20,23)(H,21,24). The molecule has 0 heterocycles. The van der Waals surface area contributed by atoms with Crippen molar-refractivity contribution in [1.29, 1.82) is 0 Å². The molecule has 0 aromatic heterocycles. The number of hydrogen-bond acceptors (Lipinski definition) is 3. The molecule has 0 fully saturated rings. The highest BCUT2D eigenvalue weighted by Gasteiger charge is 2.12. The highest BCUT2D eigenvalue weighted by atomic mass is 79.9. The lowest BCUT2D eigenvalue weighted by atomic mass is 10.3. The zero-order valence-electron chi connectivity index (χ0n) is 13.1. The normalized spacial score (nSPS) is 10.5. The summed E-state index contributed by atoms with van der Waals surface area (Å²) in [5, 5.41) is 5.42. The molecule has 7 heteroatoms. The van der Waals surface area contributed by atoms with Gasteiger partial charge in [-0.05, 0) is 59.4 Å². The zero-order chi connectivity index (χ0) is 17.5. The highest BCUT2D eigenvalue weighted by molar-refractivity contribution is 9.10. The second-order valence-corrected chi connectivity index (χ2v) is 6.11. The van der Waals surface area contributed by atoms with Gasteiger partial charge in [0.1, 0.15) is 5.82 Å². The van der Waals surface area contributed by atoms with Crippen LogP contribution in [-0.4, -0.2) is 36.9 Å². The molecule has 2 N–H and O–H groups in total. The Morgan fingerprint density at radius 1 is 1.00 bits per heavy atom. The molecule has 0 aliphatic rings. The third-order valence-electron chi connectivity index (χ3n) is 3.10. The van der Waals surface area contributed by atoms with Crippen molar-refractivity contribution < 1.29 is 14.0 Å². The van der Waals surface area contributed by atoms with Crippen LogP contribution in [0.5, 0.6) is 0 Å². The van der Waals surface area contributed by atoms with Crippen molar-refractivity contribution >= 4 is 39.1 Å². The van der Waals surface area contributed by atoms with E-state index in [1.165, 1.54) is 24.3 Å². The topological polar surface area (TPSA) is 61.4 Å². The first-order chi connectivity index (χ1) is 11.4. The fourth-order valence-electron chi connectivity index (χ4n) is 2.03. The van der Waals surface area contributed by atoms with E-state index < -0.39 is 0 Å². The van der Waals surface area contributed by atoms with Crippen molar-refractivity contribution in [3.63, 3.8) is 0 Å². The Morgan fingerprint density at radius 3 is 2.21 bits per heavy atom. The fraction of sp³-hybridized carbons (Fsp3) is 0.176. The van der Waals surface area contributed by atoms with Crippen LogP contribution in [0.15, 0.2) is 53.0 Å². The fourth-order valence-corrected chi connectivity index (χ4v) is 2.42. The van der Waals surface area contributed by atoms with Gasteiger partial charge in [-0.2, -0.15) is 0 Å². The van der Waals surface area contributed by atoms with E-state index in [2.05, 4.69) is 26.6 Å². The first kappa shape index (κ1) is 18.1. The summed E-state index contributed by atoms with van der Waals surface area (Å²) in [5.41, 5.74) is 1.18. The lowest BCUT2D eigenvalue weighted by molar-refractivity contribution is -0.119. The van der Waals surface area contributed by atoms with Gasteiger partial charge in [-0.25, -0.2) is 4.39 Å². The van der Waals surface area contributed by atoms with Gasteiger partial charge in [0, 0.05) is 10.2 Å². The Morgan fingerprint density at radius 2 is 1.58 bits per heavy atom. The number of nitrogens with one attached hydrogen (secondary N) is 2. The molecule has 2 rings (SSSR count). The Balaban J connectivity index is 1.80. The average Bonchev–Trinajstić information content (AvgIpc) is 2.51. The first-order valence-electron chi connectivity index (χ1n) is 7.22. The third kappa shape index (κ3) is 5.75. The maximum atomic E-state index is 12.8. The Labute approximate surface area is 148 Å². The molecule has 0 radical (unpaired) electrons. The Kier molecular flexibility index (Phi) is 6.45. The number of carbonyl (C=O) groups excluding carboxylic acids is 2. The Bertz CT molecular complexity index is 722. The number of hydrogen-bond donors (Lipinski definition) is 2. The van der Waals surface area contributed by atoms with E-state index in [0.29, 0.717) is 11.4 Å². The van der Waals surface area contributed by atoms with E-state index in [1.807, 2.05) is 18.2 Å². The lowest BCUT2D eigenvalue weighted by Crippen LogP contribution is -2.36. The summed E-state index contributed by atoms with van der Waals surface area (Å²) in [7, 11) is 1.67. The second kappa shape index (κ2) is 8.56. The maximum Gasteiger partial charge on any atom is 0.238 e. The number of halogens is 2. The zero-order valence-corrected chi connectivity index (χ0v) is 14.6. The predicted molar refractivity (Wildman–Crippen MR) is 95.3 cm³/mol. The van der Waals surface area contributed by atoms with Crippen LogP contribution in [0.2, 0.25) is 0 Å². The number of rotatable bonds is 6. The smallest absolute Gasteiger partial charge is 0.238 e. The molecule has 2 aromatic rings. The number of benzene rings is 2. The second-order valence-electron chi connectivity index (χ2n) is 5.26. The van der Waals surface area contributed by atoms with Crippen LogP contribution >= 0.6 is 15.9 Å². The molecule has 0 bridgehead atoms. The van der Waals surface area contributed by atoms with Gasteiger partial charge < -0.3 is 10.6 Å². The van der Waals surface area contributed by atoms with E-state index in [4.69, 9.17) is 0 Å². The van der Waals surface area contributed by atoms with Crippen molar-refractivity contribution in [2.75, 3.05) is 30.8 Å². The predicted octanol–water partition coefficient (Wildman–Crippen LogP) is 3.10. The number of likely N-dealkylation sites (N-methyl/N-ethyl adjacent to an activating group) is 1. The number of amides is 2. The number of nitrogens with zero attached hydrogens (tertiary/aromatic N) is 1. The third-order valence-corrected chi connectivity index (χ3v) is 3.79. The van der Waals surface area contributed by atoms with Gasteiger partial charge in [0.15, 0.2) is 0 Å². The molecule has 0 saturated heterocycles. The summed E-state index contributed by atoms with van der Waals surface area (Å²) in [4.78, 5) is 25.5. The minimum absolute atomic E-state index is 0.0424. The molecule has 0 saturated carbocycles. The first-order valence-corrected chi connectivity index (χ1v) is 8.01. The minimum atomic E-state index is -0.367. The molecular weight excluding hydrogens is 377 g/mol. The van der Waals surface area contributed by atoms with Gasteiger partial charge >= 0.3 is 0 Å². The molecule has 0 aliphatic heterocycles. The van der Waals surface area contributed by atoms with Crippen LogP contribution in [0.25, 0.3) is 0 Å². The number of anilines is 2. The molecule has 24 heavy (non-hydrogen) atoms. The summed E-state index contributed by atoms with van der Waals surface area (Å²) in [6.07, 6.45) is 0. The molecule has 2 amide bonds. The summed E-state index contributed by atoms with van der Waals surface area (Å²) >= 11 is 3.35. The molecule has 0 aliphatic carbocycles. The molecule has 2 aromatic carbocycles. The monoisotopic (exact) mass is 393 g/mol. The quantitative estimate of drug-likeness (QED) is 0.792. The van der Waals surface area contributed by atoms with Crippen molar-refractivity contribution in [3.05, 3.63) is 58.8 Å². The highest BCUT2D eigenvalue weighted by Crippen LogP contribution is 2.20. The summed E-state index contributed by atoms with van der Waals surface area (Å²) in [6.45, 7) is 0.110. The van der Waals surface area contributed by atoms with Gasteiger partial charge in [0.2, 0.25) is 11.8 Å². The average molecular weight is 394 g/mol. The number of para-hydroxylation sites is 1. The van der Waals surface area contributed by atoms with Gasteiger partial charge in [0.05, 0.1) is 18.8 Å². The van der Waals surface area contributed by atoms with Gasteiger partial charge in [-0.15, -0.1) is 0 Å². The van der Waals surface area contributed by atoms with Crippen LogP contribution in [0, 0.1) is 5.82 Å². The van der Waals surface area contributed by atoms with E-state index in [9.17, 15) is 14.0 Å². The van der Waals surface area contributed by atoms with Crippen molar-refractivity contribution in [2.45, 2.75) is 0 Å². The van der Waals surface area contributed by atoms with Crippen LogP contribution in [0.3, 0.4) is 0 Å².